The molecule has 2 aromatic heterocycles. The first-order chi connectivity index (χ1) is 14.3. The minimum Gasteiger partial charge on any atom is -0.445 e. The summed E-state index contributed by atoms with van der Waals surface area (Å²) in [6.07, 6.45) is 4.55. The van der Waals surface area contributed by atoms with Crippen LogP contribution >= 0.6 is 0 Å². The van der Waals surface area contributed by atoms with Gasteiger partial charge in [-0.25, -0.2) is 4.98 Å². The van der Waals surface area contributed by atoms with Crippen LogP contribution in [0, 0.1) is 0 Å². The molecule has 7 nitrogen and oxygen atoms in total. The molecule has 1 amide bonds. The van der Waals surface area contributed by atoms with Gasteiger partial charge < -0.3 is 9.32 Å². The maximum absolute atomic E-state index is 13.1. The van der Waals surface area contributed by atoms with Gasteiger partial charge >= 0.3 is 0 Å². The number of aromatic nitrogens is 4. The molecule has 0 atom stereocenters. The molecule has 144 valence electrons. The number of oxazole rings is 1. The molecule has 1 aliphatic heterocycles. The molecule has 0 spiro atoms. The normalized spacial score (nSPS) is 13.3. The van der Waals surface area contributed by atoms with Crippen molar-refractivity contribution in [2.24, 2.45) is 0 Å². The van der Waals surface area contributed by atoms with Gasteiger partial charge in [0.05, 0.1) is 6.54 Å². The van der Waals surface area contributed by atoms with Gasteiger partial charge in [0.1, 0.15) is 24.1 Å². The Morgan fingerprint density at radius 3 is 2.69 bits per heavy atom. The van der Waals surface area contributed by atoms with E-state index in [-0.39, 0.29) is 5.91 Å². The number of fused-ring (bicyclic) bond motifs is 1. The molecule has 0 bridgehead atoms. The highest BCUT2D eigenvalue weighted by molar-refractivity contribution is 5.94. The average Bonchev–Trinajstić information content (AvgIpc) is 3.43. The second kappa shape index (κ2) is 7.35. The van der Waals surface area contributed by atoms with Gasteiger partial charge in [-0.05, 0) is 23.8 Å². The van der Waals surface area contributed by atoms with Crippen LogP contribution in [0.4, 0.5) is 0 Å². The van der Waals surface area contributed by atoms with Crippen LogP contribution in [0.3, 0.4) is 0 Å². The highest BCUT2D eigenvalue weighted by atomic mass is 16.4. The number of hydrogen-bond donors (Lipinski definition) is 0. The summed E-state index contributed by atoms with van der Waals surface area (Å²) in [7, 11) is 0. The lowest BCUT2D eigenvalue weighted by molar-refractivity contribution is 0.0728. The number of nitrogens with zero attached hydrogens (tertiary/aromatic N) is 5. The number of rotatable bonds is 4. The molecule has 0 fully saturated rings. The minimum atomic E-state index is -0.0156. The van der Waals surface area contributed by atoms with Gasteiger partial charge in [-0.3, -0.25) is 9.36 Å². The molecule has 3 heterocycles. The summed E-state index contributed by atoms with van der Waals surface area (Å²) < 4.78 is 7.72. The number of benzene rings is 2. The highest BCUT2D eigenvalue weighted by Gasteiger charge is 2.26. The summed E-state index contributed by atoms with van der Waals surface area (Å²) in [6, 6.07) is 17.6. The van der Waals surface area contributed by atoms with Crippen molar-refractivity contribution in [3.05, 3.63) is 95.7 Å². The number of carbonyl (C=O) groups excluding carboxylic acids is 1. The van der Waals surface area contributed by atoms with Gasteiger partial charge in [-0.1, -0.05) is 36.4 Å². The predicted molar refractivity (Wildman–Crippen MR) is 106 cm³/mol. The van der Waals surface area contributed by atoms with Crippen LogP contribution in [0.15, 0.2) is 71.7 Å². The summed E-state index contributed by atoms with van der Waals surface area (Å²) in [4.78, 5) is 19.5. The Balaban J connectivity index is 1.33. The van der Waals surface area contributed by atoms with Crippen molar-refractivity contribution in [1.29, 1.82) is 0 Å². The van der Waals surface area contributed by atoms with Gasteiger partial charge in [-0.15, -0.1) is 10.2 Å². The molecular weight excluding hydrogens is 366 g/mol. The fourth-order valence-corrected chi connectivity index (χ4v) is 3.59. The van der Waals surface area contributed by atoms with Crippen molar-refractivity contribution >= 4 is 5.91 Å². The van der Waals surface area contributed by atoms with E-state index in [1.165, 1.54) is 0 Å². The summed E-state index contributed by atoms with van der Waals surface area (Å²) in [5.41, 5.74) is 3.49. The first-order valence-corrected chi connectivity index (χ1v) is 9.52. The Bertz CT molecular complexity index is 1140. The molecule has 4 aromatic rings. The monoisotopic (exact) mass is 385 g/mol. The van der Waals surface area contributed by atoms with Gasteiger partial charge in [0.15, 0.2) is 5.89 Å². The van der Waals surface area contributed by atoms with Crippen molar-refractivity contribution in [2.45, 2.75) is 19.4 Å². The molecule has 5 rings (SSSR count). The van der Waals surface area contributed by atoms with Crippen LogP contribution in [-0.4, -0.2) is 37.1 Å². The Hall–Kier alpha value is -3.74. The number of hydrogen-bond acceptors (Lipinski definition) is 5. The Labute approximate surface area is 167 Å². The fraction of sp³-hybridized carbons (Fsp3) is 0.182. The average molecular weight is 385 g/mol. The third-order valence-corrected chi connectivity index (χ3v) is 5.07. The molecule has 0 aliphatic carbocycles. The Morgan fingerprint density at radius 2 is 1.86 bits per heavy atom. The van der Waals surface area contributed by atoms with Crippen molar-refractivity contribution in [2.75, 3.05) is 6.54 Å². The largest absolute Gasteiger partial charge is 0.445 e. The SMILES string of the molecule is O=C(c1cccc(-n2cnnc2)c1)N1CCc2oc(Cc3ccccc3)nc2C1. The van der Waals surface area contributed by atoms with Crippen molar-refractivity contribution in [3.63, 3.8) is 0 Å². The zero-order valence-electron chi connectivity index (χ0n) is 15.7. The zero-order valence-corrected chi connectivity index (χ0v) is 15.7. The second-order valence-electron chi connectivity index (χ2n) is 7.04. The van der Waals surface area contributed by atoms with E-state index >= 15 is 0 Å². The van der Waals surface area contributed by atoms with Crippen molar-refractivity contribution in [1.82, 2.24) is 24.6 Å². The van der Waals surface area contributed by atoms with E-state index in [2.05, 4.69) is 27.3 Å². The maximum atomic E-state index is 13.1. The van der Waals surface area contributed by atoms with Gasteiger partial charge in [0, 0.05) is 30.6 Å². The van der Waals surface area contributed by atoms with E-state index in [0.717, 1.165) is 22.7 Å². The molecule has 0 saturated heterocycles. The molecule has 0 unspecified atom stereocenters. The molecular formula is C22H19N5O2. The number of amides is 1. The lowest BCUT2D eigenvalue weighted by atomic mass is 10.1. The molecule has 0 saturated carbocycles. The van der Waals surface area contributed by atoms with E-state index in [4.69, 9.17) is 4.42 Å². The van der Waals surface area contributed by atoms with Gasteiger partial charge in [0.2, 0.25) is 0 Å². The lowest BCUT2D eigenvalue weighted by Crippen LogP contribution is -2.35. The van der Waals surface area contributed by atoms with Crippen LogP contribution < -0.4 is 0 Å². The standard InChI is InChI=1S/C22H19N5O2/c28-22(17-7-4-8-18(12-17)27-14-23-24-15-27)26-10-9-20-19(13-26)25-21(29-20)11-16-5-2-1-3-6-16/h1-8,12,14-15H,9-11,13H2. The summed E-state index contributed by atoms with van der Waals surface area (Å²) in [5, 5.41) is 7.64. The van der Waals surface area contributed by atoms with Crippen LogP contribution in [-0.2, 0) is 19.4 Å². The molecule has 0 N–H and O–H groups in total. The molecule has 7 heteroatoms. The smallest absolute Gasteiger partial charge is 0.254 e. The quantitative estimate of drug-likeness (QED) is 0.540. The highest BCUT2D eigenvalue weighted by Crippen LogP contribution is 2.23. The van der Waals surface area contributed by atoms with Crippen LogP contribution in [0.25, 0.3) is 5.69 Å². The lowest BCUT2D eigenvalue weighted by Gasteiger charge is -2.25. The predicted octanol–water partition coefficient (Wildman–Crippen LogP) is 3.04. The third-order valence-electron chi connectivity index (χ3n) is 5.07. The zero-order chi connectivity index (χ0) is 19.6. The molecule has 29 heavy (non-hydrogen) atoms. The van der Waals surface area contributed by atoms with Crippen LogP contribution in [0.1, 0.15) is 33.3 Å². The third kappa shape index (κ3) is 3.54. The van der Waals surface area contributed by atoms with E-state index in [1.54, 1.807) is 17.2 Å². The van der Waals surface area contributed by atoms with E-state index in [0.29, 0.717) is 37.4 Å². The summed E-state index contributed by atoms with van der Waals surface area (Å²) in [6.45, 7) is 1.08. The Kier molecular flexibility index (Phi) is 4.40. The van der Waals surface area contributed by atoms with Crippen molar-refractivity contribution < 1.29 is 9.21 Å². The molecule has 1 aliphatic rings. The molecule has 0 radical (unpaired) electrons. The van der Waals surface area contributed by atoms with Gasteiger partial charge in [-0.2, -0.15) is 0 Å². The van der Waals surface area contributed by atoms with E-state index in [1.807, 2.05) is 47.4 Å². The topological polar surface area (TPSA) is 77.0 Å². The first kappa shape index (κ1) is 17.4. The van der Waals surface area contributed by atoms with Crippen LogP contribution in [0.2, 0.25) is 0 Å². The number of carbonyl (C=O) groups is 1. The molecule has 2 aromatic carbocycles. The fourth-order valence-electron chi connectivity index (χ4n) is 3.59. The maximum Gasteiger partial charge on any atom is 0.254 e. The van der Waals surface area contributed by atoms with Crippen LogP contribution in [0.5, 0.6) is 0 Å². The minimum absolute atomic E-state index is 0.0156. The summed E-state index contributed by atoms with van der Waals surface area (Å²) in [5.74, 6) is 1.57. The second-order valence-corrected chi connectivity index (χ2v) is 7.04. The van der Waals surface area contributed by atoms with E-state index in [9.17, 15) is 4.79 Å². The van der Waals surface area contributed by atoms with Crippen molar-refractivity contribution in [3.8, 4) is 5.69 Å². The summed E-state index contributed by atoms with van der Waals surface area (Å²) >= 11 is 0. The Morgan fingerprint density at radius 1 is 1.03 bits per heavy atom. The van der Waals surface area contributed by atoms with Gasteiger partial charge in [0.25, 0.3) is 5.91 Å². The van der Waals surface area contributed by atoms with E-state index < -0.39 is 0 Å². The first-order valence-electron chi connectivity index (χ1n) is 9.52.